The molecule has 0 fully saturated rings. The molecule has 0 aliphatic carbocycles. The molecule has 0 amide bonds. The first-order valence-corrected chi connectivity index (χ1v) is 1.60. The van der Waals surface area contributed by atoms with Gasteiger partial charge in [0.05, 0.1) is 0 Å². The summed E-state index contributed by atoms with van der Waals surface area (Å²) in [5.74, 6) is 0. The standard InChI is InChI=1S/4N3.U/c4*1-3-2;/q4*-1;+4. The average molecular weight is 406 g/mol. The predicted molar refractivity (Wildman–Crippen MR) is 40.3 cm³/mol. The predicted octanol–water partition coefficient (Wildman–Crippen LogP) is 3.46. The summed E-state index contributed by atoms with van der Waals surface area (Å²) < 4.78 is 0. The molecular formula is N12U. The molecule has 0 spiro atoms. The second-order valence-electron chi connectivity index (χ2n) is 0.358. The van der Waals surface area contributed by atoms with Crippen molar-refractivity contribution in [2.75, 3.05) is 0 Å². The molecule has 0 heterocycles. The summed E-state index contributed by atoms with van der Waals surface area (Å²) in [4.78, 5) is 6.00. The molecule has 0 aliphatic heterocycles. The van der Waals surface area contributed by atoms with Crippen molar-refractivity contribution in [3.63, 3.8) is 0 Å². The van der Waals surface area contributed by atoms with Gasteiger partial charge in [0.25, 0.3) is 0 Å². The van der Waals surface area contributed by atoms with E-state index >= 15 is 0 Å². The van der Waals surface area contributed by atoms with Crippen molar-refractivity contribution < 1.29 is 31.1 Å². The van der Waals surface area contributed by atoms with Gasteiger partial charge in [-0.2, -0.15) is 0 Å². The molecule has 0 atom stereocenters. The summed E-state index contributed by atoms with van der Waals surface area (Å²) in [6, 6.07) is 0. The molecule has 0 rings (SSSR count). The van der Waals surface area contributed by atoms with Crippen LogP contribution in [0, 0.1) is 31.1 Å². The van der Waals surface area contributed by atoms with Gasteiger partial charge in [0.15, 0.2) is 0 Å². The maximum atomic E-state index is 6.75. The Balaban J connectivity index is -0.0000000213. The van der Waals surface area contributed by atoms with Gasteiger partial charge < -0.3 is 44.2 Å². The first-order chi connectivity index (χ1) is 5.66. The van der Waals surface area contributed by atoms with E-state index in [-0.39, 0.29) is 31.1 Å². The third kappa shape index (κ3) is 243. The van der Waals surface area contributed by atoms with Gasteiger partial charge in [0.1, 0.15) is 0 Å². The molecule has 0 aromatic heterocycles. The fourth-order valence-electron chi connectivity index (χ4n) is 0. The van der Waals surface area contributed by atoms with Gasteiger partial charge in [0, 0.05) is 0 Å². The van der Waals surface area contributed by atoms with E-state index in [4.69, 9.17) is 44.2 Å². The monoisotopic (exact) mass is 406 g/mol. The zero-order valence-electron chi connectivity index (χ0n) is 5.87. The Bertz CT molecular complexity index is 137. The van der Waals surface area contributed by atoms with Crippen molar-refractivity contribution in [2.24, 2.45) is 0 Å². The van der Waals surface area contributed by atoms with Crippen LogP contribution in [0.3, 0.4) is 0 Å². The molecule has 64 valence electrons. The Hall–Kier alpha value is -1.71. The van der Waals surface area contributed by atoms with E-state index in [0.717, 1.165) is 0 Å². The van der Waals surface area contributed by atoms with Crippen molar-refractivity contribution >= 4 is 0 Å². The summed E-state index contributed by atoms with van der Waals surface area (Å²) in [5.41, 5.74) is 54.0. The second-order valence-corrected chi connectivity index (χ2v) is 0.358. The van der Waals surface area contributed by atoms with E-state index in [0.29, 0.717) is 0 Å². The fourth-order valence-corrected chi connectivity index (χ4v) is 0. The maximum Gasteiger partial charge on any atom is 4.00 e. The molecule has 0 bridgehead atoms. The van der Waals surface area contributed by atoms with Crippen LogP contribution in [0.25, 0.3) is 63.9 Å². The van der Waals surface area contributed by atoms with Gasteiger partial charge in [-0.05, 0) is 0 Å². The van der Waals surface area contributed by atoms with Gasteiger partial charge in [-0.25, -0.2) is 0 Å². The van der Waals surface area contributed by atoms with Gasteiger partial charge in [-0.3, -0.25) is 19.6 Å². The van der Waals surface area contributed by atoms with Gasteiger partial charge in [-0.15, -0.1) is 0 Å². The zero-order chi connectivity index (χ0) is 10.8. The van der Waals surface area contributed by atoms with Crippen LogP contribution in [0.15, 0.2) is 0 Å². The Morgan fingerprint density at radius 1 is 0.385 bits per heavy atom. The zero-order valence-corrected chi connectivity index (χ0v) is 10.0. The molecule has 0 radical (unpaired) electrons. The van der Waals surface area contributed by atoms with Crippen LogP contribution in [0.1, 0.15) is 0 Å². The Morgan fingerprint density at radius 2 is 0.385 bits per heavy atom. The fraction of sp³-hybridized carbons (Fsp3) is 0. The van der Waals surface area contributed by atoms with E-state index in [9.17, 15) is 0 Å². The van der Waals surface area contributed by atoms with Crippen LogP contribution in [0.2, 0.25) is 0 Å². The molecule has 0 saturated carbocycles. The molecule has 12 nitrogen and oxygen atoms in total. The Morgan fingerprint density at radius 3 is 0.385 bits per heavy atom. The maximum absolute atomic E-state index is 6.75. The number of hydrogen-bond acceptors (Lipinski definition) is 0. The van der Waals surface area contributed by atoms with E-state index in [1.54, 1.807) is 0 Å². The minimum absolute atomic E-state index is 0. The third-order valence-corrected chi connectivity index (χ3v) is 0. The van der Waals surface area contributed by atoms with E-state index in [1.807, 2.05) is 0 Å². The molecule has 0 N–H and O–H groups in total. The van der Waals surface area contributed by atoms with Crippen LogP contribution in [0.5, 0.6) is 0 Å². The SMILES string of the molecule is [N-]=[N+]=[N-].[N-]=[N+]=[N-].[N-]=[N+]=[N-].[N-]=[N+]=[N-].[U+4]. The number of hydrogen-bond donors (Lipinski definition) is 0. The molecule has 0 saturated heterocycles. The van der Waals surface area contributed by atoms with Crippen LogP contribution in [-0.2, 0) is 0 Å². The topological polar surface area (TPSA) is 235 Å². The number of nitrogens with zero attached hydrogens (tertiary/aromatic N) is 12. The summed E-state index contributed by atoms with van der Waals surface area (Å²) in [6.07, 6.45) is 0. The van der Waals surface area contributed by atoms with Crippen LogP contribution < -0.4 is 0 Å². The van der Waals surface area contributed by atoms with Crippen LogP contribution in [-0.4, -0.2) is 0 Å². The van der Waals surface area contributed by atoms with Crippen LogP contribution in [0.4, 0.5) is 0 Å². The quantitative estimate of drug-likeness (QED) is 0.319. The van der Waals surface area contributed by atoms with E-state index < -0.39 is 0 Å². The Labute approximate surface area is 95.0 Å². The van der Waals surface area contributed by atoms with Gasteiger partial charge in [-0.1, -0.05) is 0 Å². The van der Waals surface area contributed by atoms with Crippen molar-refractivity contribution in [1.29, 1.82) is 0 Å². The van der Waals surface area contributed by atoms with Crippen molar-refractivity contribution in [1.82, 2.24) is 0 Å². The second kappa shape index (κ2) is 169. The Kier molecular flexibility index (Phi) is 393. The molecule has 0 unspecified atom stereocenters. The van der Waals surface area contributed by atoms with Crippen LogP contribution >= 0.6 is 0 Å². The van der Waals surface area contributed by atoms with Crippen molar-refractivity contribution in [2.45, 2.75) is 0 Å². The molecular weight excluding hydrogens is 406 g/mol. The van der Waals surface area contributed by atoms with Crippen molar-refractivity contribution in [3.05, 3.63) is 63.9 Å². The first kappa shape index (κ1) is 30.2. The minimum Gasteiger partial charge on any atom is -0.373 e. The van der Waals surface area contributed by atoms with E-state index in [1.165, 1.54) is 19.6 Å². The molecule has 0 aromatic carbocycles. The first-order valence-electron chi connectivity index (χ1n) is 1.60. The molecule has 13 heteroatoms. The third-order valence-electron chi connectivity index (χ3n) is 0. The molecule has 13 heavy (non-hydrogen) atoms. The van der Waals surface area contributed by atoms with Gasteiger partial charge >= 0.3 is 31.1 Å². The molecule has 0 aliphatic rings. The normalized spacial score (nSPS) is 2.46. The van der Waals surface area contributed by atoms with E-state index in [2.05, 4.69) is 0 Å². The average Bonchev–Trinajstić information content (AvgIpc) is 1.92. The largest absolute Gasteiger partial charge is 4.00 e. The van der Waals surface area contributed by atoms with Gasteiger partial charge in [0.2, 0.25) is 0 Å². The minimum atomic E-state index is 0. The smallest absolute Gasteiger partial charge is 0.373 e. The summed E-state index contributed by atoms with van der Waals surface area (Å²) in [5, 5.41) is 0. The summed E-state index contributed by atoms with van der Waals surface area (Å²) in [6.45, 7) is 0. The molecule has 0 aromatic rings. The summed E-state index contributed by atoms with van der Waals surface area (Å²) >= 11 is 0. The van der Waals surface area contributed by atoms with Crippen molar-refractivity contribution in [3.8, 4) is 0 Å². The number of rotatable bonds is 0. The summed E-state index contributed by atoms with van der Waals surface area (Å²) in [7, 11) is 0.